The molecule has 18 heavy (non-hydrogen) atoms. The maximum absolute atomic E-state index is 11.5. The van der Waals surface area contributed by atoms with Crippen LogP contribution < -0.4 is 11.3 Å². The van der Waals surface area contributed by atoms with Crippen molar-refractivity contribution in [3.8, 4) is 0 Å². The predicted octanol–water partition coefficient (Wildman–Crippen LogP) is 1.39. The van der Waals surface area contributed by atoms with E-state index in [0.29, 0.717) is 5.56 Å². The van der Waals surface area contributed by atoms with Gasteiger partial charge < -0.3 is 10.3 Å². The fourth-order valence-corrected chi connectivity index (χ4v) is 1.63. The Labute approximate surface area is 102 Å². The number of benzene rings is 1. The van der Waals surface area contributed by atoms with Crippen molar-refractivity contribution >= 4 is 11.4 Å². The molecule has 92 valence electrons. The first-order valence-corrected chi connectivity index (χ1v) is 5.26. The van der Waals surface area contributed by atoms with Gasteiger partial charge in [0.1, 0.15) is 5.69 Å². The van der Waals surface area contributed by atoms with Gasteiger partial charge in [-0.05, 0) is 17.7 Å². The Morgan fingerprint density at radius 1 is 1.28 bits per heavy atom. The van der Waals surface area contributed by atoms with Gasteiger partial charge in [-0.1, -0.05) is 12.1 Å². The second-order valence-corrected chi connectivity index (χ2v) is 3.82. The molecule has 0 unspecified atom stereocenters. The number of rotatable bonds is 3. The number of nitro benzene ring substituents is 1. The van der Waals surface area contributed by atoms with Crippen molar-refractivity contribution in [1.29, 1.82) is 0 Å². The molecule has 0 atom stereocenters. The first-order chi connectivity index (χ1) is 8.58. The van der Waals surface area contributed by atoms with Crippen LogP contribution in [-0.2, 0) is 6.54 Å². The Balaban J connectivity index is 2.36. The molecule has 0 aliphatic carbocycles. The lowest BCUT2D eigenvalue weighted by atomic mass is 10.1. The summed E-state index contributed by atoms with van der Waals surface area (Å²) in [5.74, 6) is 0. The van der Waals surface area contributed by atoms with Gasteiger partial charge in [0.25, 0.3) is 11.2 Å². The van der Waals surface area contributed by atoms with E-state index in [-0.39, 0.29) is 23.5 Å². The van der Waals surface area contributed by atoms with Gasteiger partial charge in [0, 0.05) is 18.3 Å². The molecule has 0 aliphatic rings. The molecule has 0 spiro atoms. The highest BCUT2D eigenvalue weighted by molar-refractivity contribution is 5.59. The lowest BCUT2D eigenvalue weighted by molar-refractivity contribution is -0.384. The number of hydrogen-bond donors (Lipinski definition) is 1. The molecule has 0 saturated carbocycles. The first-order valence-electron chi connectivity index (χ1n) is 5.26. The van der Waals surface area contributed by atoms with Crippen LogP contribution in [0.2, 0.25) is 0 Å². The van der Waals surface area contributed by atoms with Crippen molar-refractivity contribution in [2.24, 2.45) is 0 Å². The molecule has 2 rings (SSSR count). The minimum absolute atomic E-state index is 0.115. The summed E-state index contributed by atoms with van der Waals surface area (Å²) < 4.78 is 1.47. The van der Waals surface area contributed by atoms with Crippen molar-refractivity contribution < 1.29 is 4.92 Å². The van der Waals surface area contributed by atoms with Crippen molar-refractivity contribution in [3.05, 3.63) is 68.6 Å². The summed E-state index contributed by atoms with van der Waals surface area (Å²) in [6.07, 6.45) is 1.63. The third-order valence-electron chi connectivity index (χ3n) is 2.54. The molecule has 0 saturated heterocycles. The van der Waals surface area contributed by atoms with Gasteiger partial charge in [0.15, 0.2) is 0 Å². The zero-order valence-electron chi connectivity index (χ0n) is 9.45. The van der Waals surface area contributed by atoms with Gasteiger partial charge in [-0.2, -0.15) is 0 Å². The summed E-state index contributed by atoms with van der Waals surface area (Å²) >= 11 is 0. The Kier molecular flexibility index (Phi) is 3.09. The van der Waals surface area contributed by atoms with E-state index in [0.717, 1.165) is 0 Å². The second kappa shape index (κ2) is 4.70. The topological polar surface area (TPSA) is 91.2 Å². The molecule has 6 heteroatoms. The van der Waals surface area contributed by atoms with E-state index in [2.05, 4.69) is 0 Å². The van der Waals surface area contributed by atoms with Crippen LogP contribution in [0.1, 0.15) is 5.56 Å². The number of hydrogen-bond acceptors (Lipinski definition) is 4. The molecule has 1 heterocycles. The maximum Gasteiger partial charge on any atom is 0.292 e. The molecule has 2 N–H and O–H groups in total. The van der Waals surface area contributed by atoms with Gasteiger partial charge in [-0.25, -0.2) is 0 Å². The summed E-state index contributed by atoms with van der Waals surface area (Å²) in [6.45, 7) is 0.279. The van der Waals surface area contributed by atoms with E-state index < -0.39 is 4.92 Å². The van der Waals surface area contributed by atoms with E-state index in [9.17, 15) is 14.9 Å². The van der Waals surface area contributed by atoms with Crippen molar-refractivity contribution in [1.82, 2.24) is 4.57 Å². The fraction of sp³-hybridized carbons (Fsp3) is 0.0833. The van der Waals surface area contributed by atoms with Crippen molar-refractivity contribution in [3.63, 3.8) is 0 Å². The Bertz CT molecular complexity index is 649. The zero-order valence-corrected chi connectivity index (χ0v) is 9.45. The largest absolute Gasteiger partial charge is 0.393 e. The van der Waals surface area contributed by atoms with E-state index in [4.69, 9.17) is 5.73 Å². The van der Waals surface area contributed by atoms with Gasteiger partial charge in [0.05, 0.1) is 11.5 Å². The normalized spacial score (nSPS) is 10.2. The van der Waals surface area contributed by atoms with Crippen LogP contribution >= 0.6 is 0 Å². The number of pyridine rings is 1. The Hall–Kier alpha value is -2.63. The average molecular weight is 245 g/mol. The summed E-state index contributed by atoms with van der Waals surface area (Å²) in [4.78, 5) is 21.7. The number of nitro groups is 1. The second-order valence-electron chi connectivity index (χ2n) is 3.82. The zero-order chi connectivity index (χ0) is 13.1. The van der Waals surface area contributed by atoms with Crippen molar-refractivity contribution in [2.45, 2.75) is 6.54 Å². The van der Waals surface area contributed by atoms with Crippen LogP contribution in [0, 0.1) is 10.1 Å². The quantitative estimate of drug-likeness (QED) is 0.502. The smallest absolute Gasteiger partial charge is 0.292 e. The summed E-state index contributed by atoms with van der Waals surface area (Å²) in [5.41, 5.74) is 5.98. The van der Waals surface area contributed by atoms with Gasteiger partial charge >= 0.3 is 0 Å². The lowest BCUT2D eigenvalue weighted by Crippen LogP contribution is -2.18. The molecule has 0 amide bonds. The summed E-state index contributed by atoms with van der Waals surface area (Å²) in [7, 11) is 0. The number of nitrogens with two attached hydrogens (primary N) is 1. The maximum atomic E-state index is 11.5. The predicted molar refractivity (Wildman–Crippen MR) is 67.3 cm³/mol. The Morgan fingerprint density at radius 2 is 2.06 bits per heavy atom. The van der Waals surface area contributed by atoms with Crippen LogP contribution in [-0.4, -0.2) is 9.49 Å². The lowest BCUT2D eigenvalue weighted by Gasteiger charge is -2.05. The molecule has 0 bridgehead atoms. The van der Waals surface area contributed by atoms with Crippen LogP contribution in [0.15, 0.2) is 47.4 Å². The molecule has 0 radical (unpaired) electrons. The van der Waals surface area contributed by atoms with E-state index in [1.165, 1.54) is 22.8 Å². The standard InChI is InChI=1S/C12H11N3O3/c13-10-5-4-9(7-11(10)15(17)18)8-14-6-2-1-3-12(14)16/h1-7H,8,13H2. The molecule has 0 fully saturated rings. The molecule has 1 aromatic heterocycles. The average Bonchev–Trinajstić information content (AvgIpc) is 2.34. The van der Waals surface area contributed by atoms with Crippen LogP contribution in [0.25, 0.3) is 0 Å². The van der Waals surface area contributed by atoms with Crippen LogP contribution in [0.3, 0.4) is 0 Å². The highest BCUT2D eigenvalue weighted by Gasteiger charge is 2.11. The molecular formula is C12H11N3O3. The SMILES string of the molecule is Nc1ccc(Cn2ccccc2=O)cc1[N+](=O)[O-]. The number of aromatic nitrogens is 1. The Morgan fingerprint density at radius 3 is 2.72 bits per heavy atom. The minimum atomic E-state index is -0.535. The number of nitrogen functional groups attached to an aromatic ring is 1. The number of anilines is 1. The molecule has 6 nitrogen and oxygen atoms in total. The fourth-order valence-electron chi connectivity index (χ4n) is 1.63. The van der Waals surface area contributed by atoms with E-state index in [1.807, 2.05) is 0 Å². The van der Waals surface area contributed by atoms with Crippen LogP contribution in [0.5, 0.6) is 0 Å². The summed E-state index contributed by atoms with van der Waals surface area (Å²) in [6, 6.07) is 9.33. The third-order valence-corrected chi connectivity index (χ3v) is 2.54. The first kappa shape index (κ1) is 11.8. The van der Waals surface area contributed by atoms with E-state index >= 15 is 0 Å². The highest BCUT2D eigenvalue weighted by Crippen LogP contribution is 2.22. The van der Waals surface area contributed by atoms with Gasteiger partial charge in [0.2, 0.25) is 0 Å². The highest BCUT2D eigenvalue weighted by atomic mass is 16.6. The van der Waals surface area contributed by atoms with E-state index in [1.54, 1.807) is 24.4 Å². The van der Waals surface area contributed by atoms with Gasteiger partial charge in [-0.15, -0.1) is 0 Å². The molecular weight excluding hydrogens is 234 g/mol. The van der Waals surface area contributed by atoms with Crippen LogP contribution in [0.4, 0.5) is 11.4 Å². The molecule has 0 aliphatic heterocycles. The van der Waals surface area contributed by atoms with Gasteiger partial charge in [-0.3, -0.25) is 14.9 Å². The van der Waals surface area contributed by atoms with Crippen molar-refractivity contribution in [2.75, 3.05) is 5.73 Å². The molecule has 2 aromatic rings. The minimum Gasteiger partial charge on any atom is -0.393 e. The summed E-state index contributed by atoms with van der Waals surface area (Å²) in [5, 5.41) is 10.8. The number of nitrogens with zero attached hydrogens (tertiary/aromatic N) is 2. The monoisotopic (exact) mass is 245 g/mol. The third kappa shape index (κ3) is 2.37. The molecule has 1 aromatic carbocycles.